The smallest absolute Gasteiger partial charge is 0.233 e. The van der Waals surface area contributed by atoms with Gasteiger partial charge in [-0.3, -0.25) is 4.79 Å². The Morgan fingerprint density at radius 2 is 2.05 bits per heavy atom. The van der Waals surface area contributed by atoms with Gasteiger partial charge in [0.25, 0.3) is 0 Å². The molecule has 0 atom stereocenters. The number of likely N-dealkylation sites (N-methyl/N-ethyl adjacent to an activating group) is 1. The second-order valence-corrected chi connectivity index (χ2v) is 6.62. The fourth-order valence-electron chi connectivity index (χ4n) is 2.72. The monoisotopic (exact) mass is 347 g/mol. The highest BCUT2D eigenvalue weighted by Crippen LogP contribution is 2.49. The Morgan fingerprint density at radius 3 is 2.57 bits per heavy atom. The second-order valence-electron chi connectivity index (χ2n) is 5.70. The molecule has 0 aliphatic heterocycles. The highest BCUT2D eigenvalue weighted by atomic mass is 79.9. The number of carbonyl (C=O) groups is 1. The number of halogens is 1. The standard InChI is InChI=1S/C16H18BrN3O/c1-19-10-9-18-14(19)11-20(2)15(21)16(7-8-16)12-3-5-13(17)6-4-12/h3-6,9-10H,7-8,11H2,1-2H3. The van der Waals surface area contributed by atoms with Crippen molar-refractivity contribution in [3.05, 3.63) is 52.5 Å². The molecule has 110 valence electrons. The number of imidazole rings is 1. The molecule has 21 heavy (non-hydrogen) atoms. The maximum absolute atomic E-state index is 12.8. The van der Waals surface area contributed by atoms with Crippen molar-refractivity contribution in [1.82, 2.24) is 14.5 Å². The van der Waals surface area contributed by atoms with Gasteiger partial charge in [-0.25, -0.2) is 4.98 Å². The highest BCUT2D eigenvalue weighted by Gasteiger charge is 2.52. The van der Waals surface area contributed by atoms with Crippen molar-refractivity contribution in [2.24, 2.45) is 7.05 Å². The average Bonchev–Trinajstić information content (AvgIpc) is 3.19. The van der Waals surface area contributed by atoms with Crippen LogP contribution in [0, 0.1) is 0 Å². The topological polar surface area (TPSA) is 38.1 Å². The van der Waals surface area contributed by atoms with Crippen LogP contribution in [0.25, 0.3) is 0 Å². The zero-order valence-electron chi connectivity index (χ0n) is 12.2. The Balaban J connectivity index is 1.78. The molecule has 0 N–H and O–H groups in total. The molecule has 1 aromatic heterocycles. The molecule has 1 aliphatic carbocycles. The van der Waals surface area contributed by atoms with Gasteiger partial charge < -0.3 is 9.47 Å². The van der Waals surface area contributed by atoms with Gasteiger partial charge in [0, 0.05) is 31.0 Å². The number of aromatic nitrogens is 2. The minimum absolute atomic E-state index is 0.188. The molecule has 0 saturated heterocycles. The Hall–Kier alpha value is -1.62. The van der Waals surface area contributed by atoms with E-state index in [9.17, 15) is 4.79 Å². The largest absolute Gasteiger partial charge is 0.338 e. The van der Waals surface area contributed by atoms with Crippen LogP contribution in [0.15, 0.2) is 41.1 Å². The summed E-state index contributed by atoms with van der Waals surface area (Å²) in [6.07, 6.45) is 5.52. The molecular weight excluding hydrogens is 330 g/mol. The van der Waals surface area contributed by atoms with Gasteiger partial charge in [0.05, 0.1) is 12.0 Å². The van der Waals surface area contributed by atoms with Crippen molar-refractivity contribution in [3.63, 3.8) is 0 Å². The van der Waals surface area contributed by atoms with E-state index in [1.54, 1.807) is 11.1 Å². The van der Waals surface area contributed by atoms with Crippen molar-refractivity contribution in [3.8, 4) is 0 Å². The van der Waals surface area contributed by atoms with E-state index in [1.807, 2.05) is 49.1 Å². The first-order valence-corrected chi connectivity index (χ1v) is 7.80. The minimum atomic E-state index is -0.319. The molecule has 2 aromatic rings. The van der Waals surface area contributed by atoms with Gasteiger partial charge in [-0.05, 0) is 30.5 Å². The molecule has 1 aliphatic rings. The molecule has 0 unspecified atom stereocenters. The highest BCUT2D eigenvalue weighted by molar-refractivity contribution is 9.10. The number of hydrogen-bond acceptors (Lipinski definition) is 2. The van der Waals surface area contributed by atoms with E-state index in [1.165, 1.54) is 0 Å². The summed E-state index contributed by atoms with van der Waals surface area (Å²) in [6, 6.07) is 8.09. The van der Waals surface area contributed by atoms with Gasteiger partial charge in [0.15, 0.2) is 0 Å². The Labute approximate surface area is 132 Å². The second kappa shape index (κ2) is 5.30. The summed E-state index contributed by atoms with van der Waals surface area (Å²) in [5.74, 6) is 1.09. The Morgan fingerprint density at radius 1 is 1.38 bits per heavy atom. The van der Waals surface area contributed by atoms with E-state index in [-0.39, 0.29) is 11.3 Å². The first-order valence-electron chi connectivity index (χ1n) is 7.01. The third kappa shape index (κ3) is 2.62. The van der Waals surface area contributed by atoms with Gasteiger partial charge in [0.1, 0.15) is 5.82 Å². The van der Waals surface area contributed by atoms with Crippen molar-refractivity contribution in [2.75, 3.05) is 7.05 Å². The SMILES string of the molecule is CN(Cc1nccn1C)C(=O)C1(c2ccc(Br)cc2)CC1. The lowest BCUT2D eigenvalue weighted by molar-refractivity contribution is -0.133. The first-order chi connectivity index (χ1) is 10.0. The zero-order chi connectivity index (χ0) is 15.0. The van der Waals surface area contributed by atoms with E-state index in [0.717, 1.165) is 28.7 Å². The van der Waals surface area contributed by atoms with Gasteiger partial charge in [-0.15, -0.1) is 0 Å². The molecule has 3 rings (SSSR count). The van der Waals surface area contributed by atoms with Crippen LogP contribution in [-0.4, -0.2) is 27.4 Å². The van der Waals surface area contributed by atoms with E-state index in [4.69, 9.17) is 0 Å². The molecule has 0 spiro atoms. The normalized spacial score (nSPS) is 15.8. The minimum Gasteiger partial charge on any atom is -0.338 e. The third-order valence-electron chi connectivity index (χ3n) is 4.20. The van der Waals surface area contributed by atoms with Crippen molar-refractivity contribution >= 4 is 21.8 Å². The lowest BCUT2D eigenvalue weighted by Crippen LogP contribution is -2.36. The summed E-state index contributed by atoms with van der Waals surface area (Å²) in [5.41, 5.74) is 0.794. The fourth-order valence-corrected chi connectivity index (χ4v) is 2.98. The van der Waals surface area contributed by atoms with Gasteiger partial charge >= 0.3 is 0 Å². The predicted octanol–water partition coefficient (Wildman–Crippen LogP) is 2.87. The molecule has 0 bridgehead atoms. The lowest BCUT2D eigenvalue weighted by atomic mass is 9.94. The molecule has 4 nitrogen and oxygen atoms in total. The molecule has 1 fully saturated rings. The summed E-state index contributed by atoms with van der Waals surface area (Å²) in [6.45, 7) is 0.542. The molecule has 1 heterocycles. The summed E-state index contributed by atoms with van der Waals surface area (Å²) < 4.78 is 2.99. The van der Waals surface area contributed by atoms with Crippen LogP contribution in [-0.2, 0) is 23.8 Å². The summed E-state index contributed by atoms with van der Waals surface area (Å²) in [5, 5.41) is 0. The van der Waals surface area contributed by atoms with E-state index in [0.29, 0.717) is 6.54 Å². The maximum Gasteiger partial charge on any atom is 0.233 e. The lowest BCUT2D eigenvalue weighted by Gasteiger charge is -2.23. The maximum atomic E-state index is 12.8. The van der Waals surface area contributed by atoms with Crippen LogP contribution in [0.3, 0.4) is 0 Å². The molecule has 1 saturated carbocycles. The van der Waals surface area contributed by atoms with Crippen LogP contribution in [0.1, 0.15) is 24.2 Å². The Kier molecular flexibility index (Phi) is 3.61. The Bertz CT molecular complexity index is 658. The van der Waals surface area contributed by atoms with Crippen LogP contribution < -0.4 is 0 Å². The van der Waals surface area contributed by atoms with Gasteiger partial charge in [-0.1, -0.05) is 28.1 Å². The summed E-state index contributed by atoms with van der Waals surface area (Å²) in [4.78, 5) is 18.9. The van der Waals surface area contributed by atoms with Gasteiger partial charge in [-0.2, -0.15) is 0 Å². The zero-order valence-corrected chi connectivity index (χ0v) is 13.8. The number of aryl methyl sites for hydroxylation is 1. The van der Waals surface area contributed by atoms with Crippen molar-refractivity contribution in [1.29, 1.82) is 0 Å². The number of hydrogen-bond donors (Lipinski definition) is 0. The molecule has 1 aromatic carbocycles. The quantitative estimate of drug-likeness (QED) is 0.852. The molecular formula is C16H18BrN3O. The predicted molar refractivity (Wildman–Crippen MR) is 84.7 cm³/mol. The summed E-state index contributed by atoms with van der Waals surface area (Å²) >= 11 is 3.44. The molecule has 5 heteroatoms. The fraction of sp³-hybridized carbons (Fsp3) is 0.375. The van der Waals surface area contributed by atoms with Crippen LogP contribution in [0.5, 0.6) is 0 Å². The van der Waals surface area contributed by atoms with Crippen LogP contribution in [0.4, 0.5) is 0 Å². The summed E-state index contributed by atoms with van der Waals surface area (Å²) in [7, 11) is 3.80. The van der Waals surface area contributed by atoms with Crippen molar-refractivity contribution in [2.45, 2.75) is 24.8 Å². The molecule has 0 radical (unpaired) electrons. The number of amides is 1. The first kappa shape index (κ1) is 14.3. The van der Waals surface area contributed by atoms with Crippen LogP contribution >= 0.6 is 15.9 Å². The number of carbonyl (C=O) groups excluding carboxylic acids is 1. The molecule has 1 amide bonds. The average molecular weight is 348 g/mol. The van der Waals surface area contributed by atoms with Crippen molar-refractivity contribution < 1.29 is 4.79 Å². The van der Waals surface area contributed by atoms with Gasteiger partial charge in [0.2, 0.25) is 5.91 Å². The van der Waals surface area contributed by atoms with E-state index in [2.05, 4.69) is 20.9 Å². The number of rotatable bonds is 4. The van der Waals surface area contributed by atoms with Crippen LogP contribution in [0.2, 0.25) is 0 Å². The number of nitrogens with zero attached hydrogens (tertiary/aromatic N) is 3. The number of benzene rings is 1. The third-order valence-corrected chi connectivity index (χ3v) is 4.73. The van der Waals surface area contributed by atoms with E-state index < -0.39 is 0 Å². The van der Waals surface area contributed by atoms with E-state index >= 15 is 0 Å².